The molecule has 0 radical (unpaired) electrons. The molecule has 0 saturated heterocycles. The third-order valence-corrected chi connectivity index (χ3v) is 2.62. The third-order valence-electron chi connectivity index (χ3n) is 2.62. The van der Waals surface area contributed by atoms with Crippen LogP contribution >= 0.6 is 0 Å². The van der Waals surface area contributed by atoms with Gasteiger partial charge >= 0.3 is 5.97 Å². The van der Waals surface area contributed by atoms with Crippen LogP contribution in [0.5, 0.6) is 0 Å². The van der Waals surface area contributed by atoms with Gasteiger partial charge in [-0.15, -0.1) is 0 Å². The molecule has 0 N–H and O–H groups in total. The van der Waals surface area contributed by atoms with Gasteiger partial charge in [0.1, 0.15) is 5.57 Å². The van der Waals surface area contributed by atoms with Gasteiger partial charge in [0.05, 0.1) is 6.61 Å². The topological polar surface area (TPSA) is 43.4 Å². The lowest BCUT2D eigenvalue weighted by Crippen LogP contribution is -2.16. The van der Waals surface area contributed by atoms with Crippen molar-refractivity contribution in [1.29, 1.82) is 0 Å². The van der Waals surface area contributed by atoms with Crippen molar-refractivity contribution in [3.63, 3.8) is 0 Å². The molecule has 0 aromatic carbocycles. The number of rotatable bonds is 8. The molecule has 0 rings (SSSR count). The maximum atomic E-state index is 11.8. The van der Waals surface area contributed by atoms with Crippen LogP contribution < -0.4 is 0 Å². The molecule has 0 fully saturated rings. The molecule has 0 unspecified atom stereocenters. The Morgan fingerprint density at radius 3 is 2.06 bits per heavy atom. The van der Waals surface area contributed by atoms with Gasteiger partial charge in [0, 0.05) is 0 Å². The van der Waals surface area contributed by atoms with Crippen LogP contribution in [0.25, 0.3) is 0 Å². The molecule has 3 heteroatoms. The first-order chi connectivity index (χ1) is 8.04. The Hall–Kier alpha value is -1.12. The summed E-state index contributed by atoms with van der Waals surface area (Å²) in [5.41, 5.74) is 1.09. The Labute approximate surface area is 104 Å². The van der Waals surface area contributed by atoms with Crippen LogP contribution in [0.3, 0.4) is 0 Å². The van der Waals surface area contributed by atoms with Gasteiger partial charge in [-0.1, -0.05) is 32.3 Å². The number of ketones is 1. The largest absolute Gasteiger partial charge is 0.462 e. The Morgan fingerprint density at radius 2 is 1.59 bits per heavy atom. The molecule has 0 amide bonds. The van der Waals surface area contributed by atoms with Crippen molar-refractivity contribution >= 4 is 11.8 Å². The van der Waals surface area contributed by atoms with Crippen LogP contribution in [0.15, 0.2) is 11.1 Å². The van der Waals surface area contributed by atoms with Gasteiger partial charge < -0.3 is 4.74 Å². The average molecular weight is 240 g/mol. The fraction of sp³-hybridized carbons (Fsp3) is 0.714. The van der Waals surface area contributed by atoms with Crippen LogP contribution in [0.2, 0.25) is 0 Å². The molecule has 3 nitrogen and oxygen atoms in total. The van der Waals surface area contributed by atoms with Crippen molar-refractivity contribution in [3.05, 3.63) is 11.1 Å². The molecule has 0 saturated carbocycles. The molecule has 0 spiro atoms. The standard InChI is InChI=1S/C14H24O3/c1-5-7-9-11(3)13(12(4)15)14(16)17-10-8-6-2/h5-10H2,1-4H3. The second-order valence-corrected chi connectivity index (χ2v) is 4.30. The zero-order valence-corrected chi connectivity index (χ0v) is 11.5. The maximum absolute atomic E-state index is 11.8. The van der Waals surface area contributed by atoms with Crippen LogP contribution in [-0.4, -0.2) is 18.4 Å². The molecule has 17 heavy (non-hydrogen) atoms. The van der Waals surface area contributed by atoms with Gasteiger partial charge in [-0.2, -0.15) is 0 Å². The highest BCUT2D eigenvalue weighted by molar-refractivity contribution is 6.16. The van der Waals surface area contributed by atoms with E-state index < -0.39 is 5.97 Å². The third kappa shape index (κ3) is 6.25. The summed E-state index contributed by atoms with van der Waals surface area (Å²) >= 11 is 0. The first-order valence-electron chi connectivity index (χ1n) is 6.42. The highest BCUT2D eigenvalue weighted by Gasteiger charge is 2.18. The Kier molecular flexibility index (Phi) is 8.38. The van der Waals surface area contributed by atoms with E-state index in [4.69, 9.17) is 4.74 Å². The molecule has 0 aliphatic carbocycles. The zero-order chi connectivity index (χ0) is 13.3. The molecule has 0 aromatic heterocycles. The Bertz CT molecular complexity index is 290. The van der Waals surface area contributed by atoms with Gasteiger partial charge in [-0.05, 0) is 33.1 Å². The predicted octanol–water partition coefficient (Wildman–Crippen LogP) is 3.43. The fourth-order valence-electron chi connectivity index (χ4n) is 1.57. The van der Waals surface area contributed by atoms with Crippen molar-refractivity contribution in [2.75, 3.05) is 6.61 Å². The van der Waals surface area contributed by atoms with E-state index in [1.165, 1.54) is 6.92 Å². The van der Waals surface area contributed by atoms with Crippen molar-refractivity contribution in [2.24, 2.45) is 0 Å². The normalized spacial score (nSPS) is 12.0. The number of hydrogen-bond donors (Lipinski definition) is 0. The highest BCUT2D eigenvalue weighted by atomic mass is 16.5. The van der Waals surface area contributed by atoms with Crippen molar-refractivity contribution < 1.29 is 14.3 Å². The smallest absolute Gasteiger partial charge is 0.341 e. The summed E-state index contributed by atoms with van der Waals surface area (Å²) < 4.78 is 5.09. The van der Waals surface area contributed by atoms with Gasteiger partial charge in [0.25, 0.3) is 0 Å². The number of esters is 1. The summed E-state index contributed by atoms with van der Waals surface area (Å²) in [5, 5.41) is 0. The molecular weight excluding hydrogens is 216 g/mol. The lowest BCUT2D eigenvalue weighted by Gasteiger charge is -2.09. The Balaban J connectivity index is 4.60. The number of hydrogen-bond acceptors (Lipinski definition) is 3. The van der Waals surface area contributed by atoms with Gasteiger partial charge in [0.2, 0.25) is 0 Å². The number of unbranched alkanes of at least 4 members (excludes halogenated alkanes) is 2. The summed E-state index contributed by atoms with van der Waals surface area (Å²) in [6.45, 7) is 7.77. The summed E-state index contributed by atoms with van der Waals surface area (Å²) in [6, 6.07) is 0. The van der Waals surface area contributed by atoms with E-state index >= 15 is 0 Å². The number of Topliss-reactive ketones (excluding diaryl/α,β-unsaturated/α-hetero) is 1. The number of carbonyl (C=O) groups is 2. The van der Waals surface area contributed by atoms with Gasteiger partial charge in [0.15, 0.2) is 5.78 Å². The summed E-state index contributed by atoms with van der Waals surface area (Å²) in [7, 11) is 0. The second kappa shape index (κ2) is 8.97. The molecule has 0 aromatic rings. The van der Waals surface area contributed by atoms with Crippen molar-refractivity contribution in [1.82, 2.24) is 0 Å². The first-order valence-corrected chi connectivity index (χ1v) is 6.42. The van der Waals surface area contributed by atoms with E-state index in [0.29, 0.717) is 6.61 Å². The lowest BCUT2D eigenvalue weighted by atomic mass is 10.0. The monoisotopic (exact) mass is 240 g/mol. The summed E-state index contributed by atoms with van der Waals surface area (Å²) in [5.74, 6) is -0.653. The van der Waals surface area contributed by atoms with Crippen LogP contribution in [0.1, 0.15) is 59.8 Å². The first kappa shape index (κ1) is 15.9. The molecule has 0 aliphatic heterocycles. The SMILES string of the molecule is CCCCOC(=O)C(C(C)=O)=C(C)CCCC. The lowest BCUT2D eigenvalue weighted by molar-refractivity contribution is -0.140. The highest BCUT2D eigenvalue weighted by Crippen LogP contribution is 2.14. The second-order valence-electron chi connectivity index (χ2n) is 4.30. The molecule has 98 valence electrons. The molecule has 0 atom stereocenters. The van der Waals surface area contributed by atoms with E-state index in [1.54, 1.807) is 0 Å². The van der Waals surface area contributed by atoms with Crippen LogP contribution in [-0.2, 0) is 14.3 Å². The summed E-state index contributed by atoms with van der Waals surface area (Å²) in [4.78, 5) is 23.2. The van der Waals surface area contributed by atoms with Crippen LogP contribution in [0.4, 0.5) is 0 Å². The molecular formula is C14H24O3. The molecule has 0 aliphatic rings. The van der Waals surface area contributed by atoms with Gasteiger partial charge in [-0.3, -0.25) is 4.79 Å². The quantitative estimate of drug-likeness (QED) is 0.215. The number of ether oxygens (including phenoxy) is 1. The Morgan fingerprint density at radius 1 is 1.00 bits per heavy atom. The van der Waals surface area contributed by atoms with Crippen LogP contribution in [0, 0.1) is 0 Å². The minimum absolute atomic E-state index is 0.194. The van der Waals surface area contributed by atoms with E-state index in [9.17, 15) is 9.59 Å². The van der Waals surface area contributed by atoms with Crippen molar-refractivity contribution in [3.8, 4) is 0 Å². The summed E-state index contributed by atoms with van der Waals surface area (Å²) in [6.07, 6.45) is 4.64. The van der Waals surface area contributed by atoms with E-state index in [2.05, 4.69) is 6.92 Å². The molecule has 0 heterocycles. The fourth-order valence-corrected chi connectivity index (χ4v) is 1.57. The van der Waals surface area contributed by atoms with E-state index in [1.807, 2.05) is 13.8 Å². The van der Waals surface area contributed by atoms with Crippen molar-refractivity contribution in [2.45, 2.75) is 59.8 Å². The minimum atomic E-state index is -0.459. The van der Waals surface area contributed by atoms with E-state index in [-0.39, 0.29) is 11.4 Å². The number of carbonyl (C=O) groups excluding carboxylic acids is 2. The van der Waals surface area contributed by atoms with E-state index in [0.717, 1.165) is 37.7 Å². The zero-order valence-electron chi connectivity index (χ0n) is 11.5. The average Bonchev–Trinajstić information content (AvgIpc) is 2.26. The predicted molar refractivity (Wildman–Crippen MR) is 68.8 cm³/mol. The maximum Gasteiger partial charge on any atom is 0.341 e. The van der Waals surface area contributed by atoms with Gasteiger partial charge in [-0.25, -0.2) is 4.79 Å². The number of allylic oxidation sites excluding steroid dienone is 1. The molecule has 0 bridgehead atoms. The minimum Gasteiger partial charge on any atom is -0.462 e.